The van der Waals surface area contributed by atoms with Gasteiger partial charge >= 0.3 is 0 Å². The Balaban J connectivity index is 2.06. The molecule has 0 unspecified atom stereocenters. The molecule has 0 saturated heterocycles. The van der Waals surface area contributed by atoms with E-state index in [0.29, 0.717) is 0 Å². The van der Waals surface area contributed by atoms with Crippen LogP contribution in [0.25, 0.3) is 16.8 Å². The van der Waals surface area contributed by atoms with Crippen LogP contribution in [0, 0.1) is 0 Å². The number of nitrogens with zero attached hydrogens (tertiary/aromatic N) is 1. The molecule has 1 heteroatoms. The van der Waals surface area contributed by atoms with Crippen molar-refractivity contribution < 1.29 is 0 Å². The van der Waals surface area contributed by atoms with E-state index in [1.165, 1.54) is 39.1 Å². The standard InChI is InChI=1S/C27H33N/c1-25(2,3)18-11-12-20-21(15-18)27(7,8)22-16-19(26(4,5)6)17-23(24(20)22)28-13-9-10-14-28/h9-17H,1-8H3. The molecule has 28 heavy (non-hydrogen) atoms. The van der Waals surface area contributed by atoms with Gasteiger partial charge in [-0.3, -0.25) is 0 Å². The van der Waals surface area contributed by atoms with Gasteiger partial charge in [0.1, 0.15) is 0 Å². The molecule has 0 radical (unpaired) electrons. The van der Waals surface area contributed by atoms with E-state index in [2.05, 4.69) is 115 Å². The van der Waals surface area contributed by atoms with Crippen molar-refractivity contribution in [1.29, 1.82) is 0 Å². The number of hydrogen-bond donors (Lipinski definition) is 0. The summed E-state index contributed by atoms with van der Waals surface area (Å²) in [5.41, 5.74) is 10.0. The van der Waals surface area contributed by atoms with Crippen molar-refractivity contribution in [3.05, 3.63) is 77.1 Å². The van der Waals surface area contributed by atoms with Gasteiger partial charge < -0.3 is 4.57 Å². The summed E-state index contributed by atoms with van der Waals surface area (Å²) in [4.78, 5) is 0. The predicted molar refractivity (Wildman–Crippen MR) is 121 cm³/mol. The quantitative estimate of drug-likeness (QED) is 0.420. The van der Waals surface area contributed by atoms with Crippen molar-refractivity contribution in [1.82, 2.24) is 4.57 Å². The molecule has 1 aliphatic rings. The van der Waals surface area contributed by atoms with Crippen LogP contribution in [0.3, 0.4) is 0 Å². The largest absolute Gasteiger partial charge is 0.323 e. The van der Waals surface area contributed by atoms with Gasteiger partial charge in [0.25, 0.3) is 0 Å². The zero-order valence-corrected chi connectivity index (χ0v) is 18.6. The van der Waals surface area contributed by atoms with Crippen LogP contribution < -0.4 is 0 Å². The van der Waals surface area contributed by atoms with Gasteiger partial charge in [-0.05, 0) is 56.8 Å². The molecule has 146 valence electrons. The van der Waals surface area contributed by atoms with Gasteiger partial charge in [-0.25, -0.2) is 0 Å². The maximum absolute atomic E-state index is 2.46. The molecule has 0 saturated carbocycles. The van der Waals surface area contributed by atoms with E-state index < -0.39 is 0 Å². The van der Waals surface area contributed by atoms with Crippen LogP contribution in [0.2, 0.25) is 0 Å². The molecule has 1 nitrogen and oxygen atoms in total. The lowest BCUT2D eigenvalue weighted by molar-refractivity contribution is 0.580. The van der Waals surface area contributed by atoms with E-state index in [4.69, 9.17) is 0 Å². The highest BCUT2D eigenvalue weighted by atomic mass is 14.9. The second kappa shape index (κ2) is 5.86. The van der Waals surface area contributed by atoms with Crippen LogP contribution in [0.1, 0.15) is 77.6 Å². The van der Waals surface area contributed by atoms with E-state index in [0.717, 1.165) is 0 Å². The lowest BCUT2D eigenvalue weighted by atomic mass is 9.77. The van der Waals surface area contributed by atoms with Gasteiger partial charge in [0.15, 0.2) is 0 Å². The third-order valence-electron chi connectivity index (χ3n) is 6.37. The predicted octanol–water partition coefficient (Wildman–Crippen LogP) is 7.38. The minimum absolute atomic E-state index is 0.00487. The summed E-state index contributed by atoms with van der Waals surface area (Å²) >= 11 is 0. The molecular formula is C27H33N. The minimum Gasteiger partial charge on any atom is -0.323 e. The van der Waals surface area contributed by atoms with E-state index in [9.17, 15) is 0 Å². The lowest BCUT2D eigenvalue weighted by Crippen LogP contribution is -2.19. The molecule has 0 N–H and O–H groups in total. The molecule has 1 aliphatic carbocycles. The molecule has 4 rings (SSSR count). The summed E-state index contributed by atoms with van der Waals surface area (Å²) in [6.07, 6.45) is 4.33. The molecule has 1 heterocycles. The van der Waals surface area contributed by atoms with Crippen LogP contribution in [0.4, 0.5) is 0 Å². The van der Waals surface area contributed by atoms with Crippen LogP contribution in [0.15, 0.2) is 54.9 Å². The monoisotopic (exact) mass is 371 g/mol. The highest BCUT2D eigenvalue weighted by molar-refractivity contribution is 5.87. The third kappa shape index (κ3) is 2.83. The number of aromatic nitrogens is 1. The first-order chi connectivity index (χ1) is 12.9. The SMILES string of the molecule is CC(C)(C)c1ccc2c(c1)C(C)(C)c1cc(C(C)(C)C)cc(-n3cccc3)c1-2. The first kappa shape index (κ1) is 19.1. The second-order valence-corrected chi connectivity index (χ2v) is 10.9. The summed E-state index contributed by atoms with van der Waals surface area (Å²) in [6, 6.07) is 16.2. The van der Waals surface area contributed by atoms with Crippen LogP contribution in [0.5, 0.6) is 0 Å². The van der Waals surface area contributed by atoms with Crippen molar-refractivity contribution in [3.63, 3.8) is 0 Å². The molecular weight excluding hydrogens is 338 g/mol. The fourth-order valence-corrected chi connectivity index (χ4v) is 4.43. The normalized spacial score (nSPS) is 15.4. The van der Waals surface area contributed by atoms with Gasteiger partial charge in [0.2, 0.25) is 0 Å². The van der Waals surface area contributed by atoms with Gasteiger partial charge in [-0.1, -0.05) is 79.7 Å². The summed E-state index contributed by atoms with van der Waals surface area (Å²) in [6.45, 7) is 18.6. The summed E-state index contributed by atoms with van der Waals surface area (Å²) < 4.78 is 2.27. The van der Waals surface area contributed by atoms with Gasteiger partial charge in [-0.2, -0.15) is 0 Å². The smallest absolute Gasteiger partial charge is 0.0533 e. The Bertz CT molecular complexity index is 1040. The van der Waals surface area contributed by atoms with Crippen molar-refractivity contribution in [3.8, 4) is 16.8 Å². The van der Waals surface area contributed by atoms with Crippen LogP contribution in [-0.4, -0.2) is 4.57 Å². The average molecular weight is 372 g/mol. The zero-order chi connectivity index (χ0) is 20.5. The van der Waals surface area contributed by atoms with Crippen molar-refractivity contribution in [2.24, 2.45) is 0 Å². The molecule has 1 aromatic heterocycles. The Kier molecular flexibility index (Phi) is 3.99. The fourth-order valence-electron chi connectivity index (χ4n) is 4.43. The van der Waals surface area contributed by atoms with Gasteiger partial charge in [0, 0.05) is 23.4 Å². The maximum Gasteiger partial charge on any atom is 0.0533 e. The van der Waals surface area contributed by atoms with E-state index >= 15 is 0 Å². The fraction of sp³-hybridized carbons (Fsp3) is 0.407. The lowest BCUT2D eigenvalue weighted by Gasteiger charge is -2.27. The number of benzene rings is 2. The Hall–Kier alpha value is -2.28. The molecule has 0 atom stereocenters. The molecule has 2 aromatic carbocycles. The van der Waals surface area contributed by atoms with E-state index in [-0.39, 0.29) is 16.2 Å². The van der Waals surface area contributed by atoms with Gasteiger partial charge in [-0.15, -0.1) is 0 Å². The first-order valence-electron chi connectivity index (χ1n) is 10.4. The zero-order valence-electron chi connectivity index (χ0n) is 18.6. The van der Waals surface area contributed by atoms with Crippen LogP contribution in [-0.2, 0) is 16.2 Å². The number of rotatable bonds is 1. The Morgan fingerprint density at radius 2 is 1.29 bits per heavy atom. The van der Waals surface area contributed by atoms with Gasteiger partial charge in [0.05, 0.1) is 5.69 Å². The molecule has 0 bridgehead atoms. The topological polar surface area (TPSA) is 4.93 Å². The van der Waals surface area contributed by atoms with Crippen molar-refractivity contribution in [2.75, 3.05) is 0 Å². The Morgan fingerprint density at radius 3 is 1.86 bits per heavy atom. The van der Waals surface area contributed by atoms with Crippen LogP contribution >= 0.6 is 0 Å². The first-order valence-corrected chi connectivity index (χ1v) is 10.4. The van der Waals surface area contributed by atoms with E-state index in [1.54, 1.807) is 0 Å². The summed E-state index contributed by atoms with van der Waals surface area (Å²) in [5.74, 6) is 0. The van der Waals surface area contributed by atoms with E-state index in [1.807, 2.05) is 0 Å². The number of fused-ring (bicyclic) bond motifs is 3. The molecule has 0 fully saturated rings. The van der Waals surface area contributed by atoms with Crippen molar-refractivity contribution >= 4 is 0 Å². The molecule has 0 aliphatic heterocycles. The summed E-state index contributed by atoms with van der Waals surface area (Å²) in [5, 5.41) is 0. The summed E-state index contributed by atoms with van der Waals surface area (Å²) in [7, 11) is 0. The molecule has 3 aromatic rings. The van der Waals surface area contributed by atoms with Crippen molar-refractivity contribution in [2.45, 2.75) is 71.6 Å². The highest BCUT2D eigenvalue weighted by Gasteiger charge is 2.39. The maximum atomic E-state index is 2.46. The third-order valence-corrected chi connectivity index (χ3v) is 6.37. The minimum atomic E-state index is -0.00487. The number of hydrogen-bond acceptors (Lipinski definition) is 0. The highest BCUT2D eigenvalue weighted by Crippen LogP contribution is 2.52. The Morgan fingerprint density at radius 1 is 0.714 bits per heavy atom. The molecule has 0 spiro atoms. The Labute approximate surface area is 170 Å². The second-order valence-electron chi connectivity index (χ2n) is 10.9. The molecule has 0 amide bonds. The average Bonchev–Trinajstić information content (AvgIpc) is 3.19.